The number of ketones is 1. The molecule has 8 heteroatoms. The fourth-order valence-electron chi connectivity index (χ4n) is 13.4. The van der Waals surface area contributed by atoms with Gasteiger partial charge in [0, 0.05) is 11.8 Å². The summed E-state index contributed by atoms with van der Waals surface area (Å²) in [5.74, 6) is 0.377. The fourth-order valence-corrected chi connectivity index (χ4v) is 13.4. The highest BCUT2D eigenvalue weighted by atomic mass is 16.6. The minimum absolute atomic E-state index is 0.0307. The second-order valence-corrected chi connectivity index (χ2v) is 20.2. The average Bonchev–Trinajstić information content (AvgIpc) is 3.33. The molecule has 0 unspecified atom stereocenters. The summed E-state index contributed by atoms with van der Waals surface area (Å²) in [6.07, 6.45) is 13.2. The zero-order valence-electron chi connectivity index (χ0n) is 33.2. The van der Waals surface area contributed by atoms with Crippen LogP contribution in [0, 0.1) is 56.7 Å². The lowest BCUT2D eigenvalue weighted by Crippen LogP contribution is -2.67. The molecule has 0 aromatic carbocycles. The van der Waals surface area contributed by atoms with Crippen molar-refractivity contribution in [1.29, 1.82) is 0 Å². The molecule has 0 aromatic rings. The van der Waals surface area contributed by atoms with Crippen LogP contribution in [0.1, 0.15) is 159 Å². The van der Waals surface area contributed by atoms with E-state index in [4.69, 9.17) is 9.47 Å². The van der Waals surface area contributed by atoms with Crippen molar-refractivity contribution >= 4 is 23.8 Å². The molecule has 286 valence electrons. The SMILES string of the molecule is CC(C)C1=C2[C@H]3CC[C@@H]4[C@@]5(C)CC[C@H](OC(=O)CC(C)(C)C(=O)O)C(C)(C)[C@@H]5CC[C@@]4(C)[C@]3(C)CC[C@@]2(NC(=O)OCC2CCCCC2)CC1=O. The number of carbonyl (C=O) groups is 4. The minimum atomic E-state index is -1.16. The summed E-state index contributed by atoms with van der Waals surface area (Å²) in [6, 6.07) is 0. The van der Waals surface area contributed by atoms with Crippen molar-refractivity contribution in [3.63, 3.8) is 0 Å². The van der Waals surface area contributed by atoms with Gasteiger partial charge in [-0.15, -0.1) is 0 Å². The Morgan fingerprint density at radius 2 is 1.55 bits per heavy atom. The van der Waals surface area contributed by atoms with Crippen LogP contribution in [-0.2, 0) is 23.9 Å². The number of ether oxygens (including phenoxy) is 2. The Hall–Kier alpha value is -2.38. The third-order valence-corrected chi connectivity index (χ3v) is 16.3. The van der Waals surface area contributed by atoms with Crippen molar-refractivity contribution in [3.05, 3.63) is 11.1 Å². The predicted octanol–water partition coefficient (Wildman–Crippen LogP) is 9.44. The fraction of sp³-hybridized carbons (Fsp3) is 0.860. The van der Waals surface area contributed by atoms with Crippen LogP contribution in [0.15, 0.2) is 11.1 Å². The van der Waals surface area contributed by atoms with Crippen molar-refractivity contribution in [2.75, 3.05) is 6.61 Å². The van der Waals surface area contributed by atoms with Crippen LogP contribution in [0.4, 0.5) is 4.79 Å². The highest BCUT2D eigenvalue weighted by molar-refractivity contribution is 6.02. The molecular formula is C43H67NO7. The molecule has 0 aliphatic heterocycles. The van der Waals surface area contributed by atoms with E-state index in [2.05, 4.69) is 53.8 Å². The van der Waals surface area contributed by atoms with Crippen molar-refractivity contribution in [3.8, 4) is 0 Å². The summed E-state index contributed by atoms with van der Waals surface area (Å²) in [5.41, 5.74) is 0.176. The minimum Gasteiger partial charge on any atom is -0.481 e. The Bertz CT molecular complexity index is 1460. The molecule has 0 bridgehead atoms. The van der Waals surface area contributed by atoms with Crippen molar-refractivity contribution in [2.45, 2.75) is 170 Å². The molecule has 0 saturated heterocycles. The van der Waals surface area contributed by atoms with Gasteiger partial charge in [-0.25, -0.2) is 4.79 Å². The lowest BCUT2D eigenvalue weighted by molar-refractivity contribution is -0.232. The lowest BCUT2D eigenvalue weighted by atomic mass is 9.33. The summed E-state index contributed by atoms with van der Waals surface area (Å²) in [6.45, 7) is 20.0. The number of hydrogen-bond donors (Lipinski definition) is 2. The number of carboxylic acids is 1. The molecule has 6 aliphatic carbocycles. The third kappa shape index (κ3) is 6.18. The number of alkyl carbamates (subject to hydrolysis) is 1. The van der Waals surface area contributed by atoms with E-state index in [1.807, 2.05) is 0 Å². The lowest BCUT2D eigenvalue weighted by Gasteiger charge is -2.72. The number of Topliss-reactive ketones (excluding diaryl/α,β-unsaturated/α-hetero) is 1. The van der Waals surface area contributed by atoms with Crippen LogP contribution >= 0.6 is 0 Å². The number of aliphatic carboxylic acids is 1. The van der Waals surface area contributed by atoms with E-state index in [0.29, 0.717) is 30.8 Å². The van der Waals surface area contributed by atoms with Crippen LogP contribution in [-0.4, -0.2) is 47.2 Å². The number of nitrogens with one attached hydrogen (secondary N) is 1. The second-order valence-electron chi connectivity index (χ2n) is 20.2. The largest absolute Gasteiger partial charge is 0.481 e. The van der Waals surface area contributed by atoms with Crippen molar-refractivity contribution < 1.29 is 33.8 Å². The Morgan fingerprint density at radius 3 is 2.20 bits per heavy atom. The Morgan fingerprint density at radius 1 is 0.863 bits per heavy atom. The van der Waals surface area contributed by atoms with Crippen LogP contribution in [0.3, 0.4) is 0 Å². The molecule has 6 rings (SSSR count). The van der Waals surface area contributed by atoms with Crippen LogP contribution < -0.4 is 5.32 Å². The highest BCUT2D eigenvalue weighted by Crippen LogP contribution is 2.76. The maximum absolute atomic E-state index is 13.9. The first kappa shape index (κ1) is 38.3. The van der Waals surface area contributed by atoms with Gasteiger partial charge in [-0.2, -0.15) is 0 Å². The molecule has 0 heterocycles. The number of hydrogen-bond acceptors (Lipinski definition) is 6. The van der Waals surface area contributed by atoms with Gasteiger partial charge in [0.05, 0.1) is 24.0 Å². The number of allylic oxidation sites excluding steroid dienone is 1. The van der Waals surface area contributed by atoms with Crippen LogP contribution in [0.25, 0.3) is 0 Å². The van der Waals surface area contributed by atoms with Gasteiger partial charge < -0.3 is 19.9 Å². The zero-order valence-corrected chi connectivity index (χ0v) is 33.2. The maximum atomic E-state index is 13.9. The molecule has 0 radical (unpaired) electrons. The van der Waals surface area contributed by atoms with Gasteiger partial charge in [-0.1, -0.05) is 67.7 Å². The molecule has 51 heavy (non-hydrogen) atoms. The Balaban J connectivity index is 1.25. The maximum Gasteiger partial charge on any atom is 0.407 e. The van der Waals surface area contributed by atoms with E-state index in [1.54, 1.807) is 13.8 Å². The first-order valence-corrected chi connectivity index (χ1v) is 20.4. The molecule has 8 atom stereocenters. The standard InChI is InChI=1S/C43H67NO7/c1-26(2)34-29(45)23-43(44-37(49)50-25-27-13-11-10-12-14-27)22-21-41(8)28(35(34)43)15-16-31-40(7)19-18-32(51-33(46)24-38(3,4)36(47)48)39(5,6)30(40)17-20-42(31,41)9/h26-28,30-32H,10-25H2,1-9H3,(H,44,49)(H,47,48)/t28-,30+,31-,32+,40+,41-,42-,43-/m1/s1. The molecule has 8 nitrogen and oxygen atoms in total. The average molecular weight is 710 g/mol. The molecular weight excluding hydrogens is 642 g/mol. The number of fused-ring (bicyclic) bond motifs is 7. The smallest absolute Gasteiger partial charge is 0.407 e. The molecule has 2 N–H and O–H groups in total. The molecule has 0 aromatic heterocycles. The number of amides is 1. The van der Waals surface area contributed by atoms with E-state index in [-0.39, 0.29) is 57.9 Å². The zero-order chi connectivity index (χ0) is 37.4. The number of carbonyl (C=O) groups excluding carboxylic acids is 3. The van der Waals surface area contributed by atoms with Gasteiger partial charge in [-0.3, -0.25) is 14.4 Å². The van der Waals surface area contributed by atoms with Gasteiger partial charge >= 0.3 is 18.0 Å². The Kier molecular flexibility index (Phi) is 9.91. The van der Waals surface area contributed by atoms with Crippen molar-refractivity contribution in [1.82, 2.24) is 5.32 Å². The predicted molar refractivity (Wildman–Crippen MR) is 197 cm³/mol. The second kappa shape index (κ2) is 13.2. The van der Waals surface area contributed by atoms with E-state index in [0.717, 1.165) is 69.8 Å². The molecule has 1 amide bonds. The van der Waals surface area contributed by atoms with Gasteiger partial charge in [0.1, 0.15) is 6.10 Å². The summed E-state index contributed by atoms with van der Waals surface area (Å²) in [5, 5.41) is 13.0. The molecule has 0 spiro atoms. The topological polar surface area (TPSA) is 119 Å². The molecule has 5 saturated carbocycles. The Labute approximate surface area is 307 Å². The van der Waals surface area contributed by atoms with Crippen LogP contribution in [0.5, 0.6) is 0 Å². The van der Waals surface area contributed by atoms with E-state index in [1.165, 1.54) is 24.8 Å². The molecule has 5 fully saturated rings. The van der Waals surface area contributed by atoms with E-state index in [9.17, 15) is 24.3 Å². The quantitative estimate of drug-likeness (QED) is 0.241. The van der Waals surface area contributed by atoms with Gasteiger partial charge in [0.25, 0.3) is 0 Å². The number of esters is 1. The van der Waals surface area contributed by atoms with E-state index < -0.39 is 22.9 Å². The third-order valence-electron chi connectivity index (χ3n) is 16.3. The van der Waals surface area contributed by atoms with E-state index >= 15 is 0 Å². The highest BCUT2D eigenvalue weighted by Gasteiger charge is 2.70. The summed E-state index contributed by atoms with van der Waals surface area (Å²) in [4.78, 5) is 52.3. The monoisotopic (exact) mass is 709 g/mol. The first-order chi connectivity index (χ1) is 23.7. The number of carboxylic acid groups (broad SMARTS) is 1. The number of rotatable bonds is 8. The summed E-state index contributed by atoms with van der Waals surface area (Å²) in [7, 11) is 0. The first-order valence-electron chi connectivity index (χ1n) is 20.4. The summed E-state index contributed by atoms with van der Waals surface area (Å²) < 4.78 is 12.1. The van der Waals surface area contributed by atoms with Gasteiger partial charge in [0.15, 0.2) is 5.78 Å². The normalized spacial score (nSPS) is 39.4. The molecule has 6 aliphatic rings. The van der Waals surface area contributed by atoms with Crippen molar-refractivity contribution in [2.24, 2.45) is 56.7 Å². The van der Waals surface area contributed by atoms with Gasteiger partial charge in [-0.05, 0) is 135 Å². The van der Waals surface area contributed by atoms with Crippen LogP contribution in [0.2, 0.25) is 0 Å². The van der Waals surface area contributed by atoms with Gasteiger partial charge in [0.2, 0.25) is 0 Å². The summed E-state index contributed by atoms with van der Waals surface area (Å²) >= 11 is 0.